The molecule has 1 aromatic carbocycles. The van der Waals surface area contributed by atoms with Crippen molar-refractivity contribution >= 4 is 17.4 Å². The van der Waals surface area contributed by atoms with E-state index in [0.29, 0.717) is 28.8 Å². The molecule has 0 N–H and O–H groups in total. The average molecular weight is 279 g/mol. The number of Topliss-reactive ketones (excluding diaryl/α,β-unsaturated/α-hetero) is 1. The summed E-state index contributed by atoms with van der Waals surface area (Å²) in [5, 5.41) is 0.503. The highest BCUT2D eigenvalue weighted by molar-refractivity contribution is 6.31. The van der Waals surface area contributed by atoms with Crippen LogP contribution in [-0.4, -0.2) is 5.78 Å². The summed E-state index contributed by atoms with van der Waals surface area (Å²) in [5.74, 6) is 3.11. The number of hydrogen-bond donors (Lipinski definition) is 0. The van der Waals surface area contributed by atoms with E-state index in [4.69, 9.17) is 11.6 Å². The molecule has 4 unspecified atom stereocenters. The van der Waals surface area contributed by atoms with E-state index in [1.165, 1.54) is 37.5 Å². The summed E-state index contributed by atoms with van der Waals surface area (Å²) < 4.78 is 13.2. The fourth-order valence-corrected chi connectivity index (χ4v) is 4.92. The molecule has 2 bridgehead atoms. The lowest BCUT2D eigenvalue weighted by molar-refractivity contribution is -0.120. The molecule has 3 heteroatoms. The van der Waals surface area contributed by atoms with E-state index in [-0.39, 0.29) is 17.5 Å². The van der Waals surface area contributed by atoms with Crippen molar-refractivity contribution in [2.24, 2.45) is 29.6 Å². The molecule has 1 nitrogen and oxygen atoms in total. The van der Waals surface area contributed by atoms with Crippen LogP contribution in [0.25, 0.3) is 0 Å². The number of benzene rings is 1. The van der Waals surface area contributed by atoms with Gasteiger partial charge in [0.15, 0.2) is 0 Å². The highest BCUT2D eigenvalue weighted by atomic mass is 35.5. The molecule has 0 aliphatic heterocycles. The Kier molecular flexibility index (Phi) is 2.54. The van der Waals surface area contributed by atoms with Gasteiger partial charge in [-0.1, -0.05) is 11.6 Å². The first-order chi connectivity index (χ1) is 9.15. The van der Waals surface area contributed by atoms with Crippen LogP contribution in [0.4, 0.5) is 4.39 Å². The second kappa shape index (κ2) is 4.05. The Bertz CT molecular complexity index is 540. The molecule has 0 aromatic heterocycles. The smallest absolute Gasteiger partial charge is 0.140 e. The van der Waals surface area contributed by atoms with Gasteiger partial charge in [-0.2, -0.15) is 0 Å². The number of hydrogen-bond acceptors (Lipinski definition) is 1. The van der Waals surface area contributed by atoms with Crippen LogP contribution in [0.5, 0.6) is 0 Å². The summed E-state index contributed by atoms with van der Waals surface area (Å²) in [6.45, 7) is 0. The summed E-state index contributed by atoms with van der Waals surface area (Å²) >= 11 is 6.04. The molecule has 1 aromatic rings. The maximum Gasteiger partial charge on any atom is 0.140 e. The van der Waals surface area contributed by atoms with E-state index < -0.39 is 0 Å². The molecule has 19 heavy (non-hydrogen) atoms. The van der Waals surface area contributed by atoms with Gasteiger partial charge < -0.3 is 0 Å². The van der Waals surface area contributed by atoms with E-state index >= 15 is 0 Å². The number of carbonyl (C=O) groups excluding carboxylic acids is 1. The van der Waals surface area contributed by atoms with Crippen molar-refractivity contribution in [1.82, 2.24) is 0 Å². The highest BCUT2D eigenvalue weighted by Crippen LogP contribution is 2.69. The maximum absolute atomic E-state index is 13.2. The standard InChI is InChI=1S/C16H16ClFO/c17-12-4-3-11(18)6-10(12)7-13(19)16-14-8-1-2-9(5-8)15(14)16/h3-4,6,8-9,14-16H,1-2,5,7H2. The second-order valence-electron chi connectivity index (χ2n) is 6.39. The SMILES string of the molecule is O=C(Cc1cc(F)ccc1Cl)C1C2C3CCC(C3)C12. The quantitative estimate of drug-likeness (QED) is 0.820. The minimum absolute atomic E-state index is 0.255. The molecule has 4 atom stereocenters. The van der Waals surface area contributed by atoms with Crippen LogP contribution < -0.4 is 0 Å². The fourth-order valence-electron chi connectivity index (χ4n) is 4.74. The summed E-state index contributed by atoms with van der Waals surface area (Å²) in [6.07, 6.45) is 4.28. The minimum Gasteiger partial charge on any atom is -0.299 e. The van der Waals surface area contributed by atoms with Crippen molar-refractivity contribution in [3.05, 3.63) is 34.6 Å². The van der Waals surface area contributed by atoms with Gasteiger partial charge in [0.1, 0.15) is 11.6 Å². The number of fused-ring (bicyclic) bond motifs is 5. The summed E-state index contributed by atoms with van der Waals surface area (Å²) in [4.78, 5) is 12.4. The molecule has 4 rings (SSSR count). The Morgan fingerprint density at radius 3 is 2.63 bits per heavy atom. The zero-order valence-electron chi connectivity index (χ0n) is 10.6. The Balaban J connectivity index is 1.50. The lowest BCUT2D eigenvalue weighted by Crippen LogP contribution is -2.12. The third-order valence-corrected chi connectivity index (χ3v) is 5.85. The largest absolute Gasteiger partial charge is 0.299 e. The molecule has 0 radical (unpaired) electrons. The highest BCUT2D eigenvalue weighted by Gasteiger charge is 2.66. The third-order valence-electron chi connectivity index (χ3n) is 5.48. The Hall–Kier alpha value is -0.890. The van der Waals surface area contributed by atoms with Crippen molar-refractivity contribution in [2.75, 3.05) is 0 Å². The lowest BCUT2D eigenvalue weighted by Gasteiger charge is -2.08. The number of carbonyl (C=O) groups is 1. The van der Waals surface area contributed by atoms with Crippen molar-refractivity contribution in [3.63, 3.8) is 0 Å². The van der Waals surface area contributed by atoms with Crippen LogP contribution >= 0.6 is 11.6 Å². The molecule has 0 amide bonds. The van der Waals surface area contributed by atoms with E-state index in [1.54, 1.807) is 0 Å². The fraction of sp³-hybridized carbons (Fsp3) is 0.562. The first kappa shape index (κ1) is 11.9. The van der Waals surface area contributed by atoms with Gasteiger partial charge in [0, 0.05) is 17.4 Å². The van der Waals surface area contributed by atoms with Crippen molar-refractivity contribution in [3.8, 4) is 0 Å². The first-order valence-electron chi connectivity index (χ1n) is 7.12. The second-order valence-corrected chi connectivity index (χ2v) is 6.80. The van der Waals surface area contributed by atoms with Crippen molar-refractivity contribution in [1.29, 1.82) is 0 Å². The number of rotatable bonds is 3. The Morgan fingerprint density at radius 2 is 1.95 bits per heavy atom. The van der Waals surface area contributed by atoms with Gasteiger partial charge in [0.25, 0.3) is 0 Å². The summed E-state index contributed by atoms with van der Waals surface area (Å²) in [5.41, 5.74) is 0.643. The molecule has 100 valence electrons. The molecule has 3 saturated carbocycles. The minimum atomic E-state index is -0.316. The Labute approximate surface area is 117 Å². The predicted octanol–water partition coefficient (Wildman–Crippen LogP) is 3.88. The van der Waals surface area contributed by atoms with Crippen molar-refractivity contribution in [2.45, 2.75) is 25.7 Å². The van der Waals surface area contributed by atoms with Gasteiger partial charge in [0.2, 0.25) is 0 Å². The van der Waals surface area contributed by atoms with Gasteiger partial charge in [-0.25, -0.2) is 4.39 Å². The predicted molar refractivity (Wildman–Crippen MR) is 71.4 cm³/mol. The van der Waals surface area contributed by atoms with E-state index in [0.717, 1.165) is 11.8 Å². The van der Waals surface area contributed by atoms with Gasteiger partial charge >= 0.3 is 0 Å². The van der Waals surface area contributed by atoms with Gasteiger partial charge in [-0.15, -0.1) is 0 Å². The van der Waals surface area contributed by atoms with Crippen LogP contribution in [0.15, 0.2) is 18.2 Å². The topological polar surface area (TPSA) is 17.1 Å². The maximum atomic E-state index is 13.2. The number of ketones is 1. The zero-order chi connectivity index (χ0) is 13.1. The molecule has 0 spiro atoms. The third kappa shape index (κ3) is 1.76. The van der Waals surface area contributed by atoms with E-state index in [1.807, 2.05) is 0 Å². The lowest BCUT2D eigenvalue weighted by atomic mass is 9.96. The average Bonchev–Trinajstić information content (AvgIpc) is 2.83. The molecule has 0 saturated heterocycles. The van der Waals surface area contributed by atoms with E-state index in [2.05, 4.69) is 0 Å². The molecule has 3 fully saturated rings. The summed E-state index contributed by atoms with van der Waals surface area (Å²) in [6, 6.07) is 4.27. The molecule has 0 heterocycles. The van der Waals surface area contributed by atoms with Gasteiger partial charge in [0.05, 0.1) is 0 Å². The normalized spacial score (nSPS) is 38.3. The van der Waals surface area contributed by atoms with Crippen LogP contribution in [0.3, 0.4) is 0 Å². The van der Waals surface area contributed by atoms with Gasteiger partial charge in [-0.3, -0.25) is 4.79 Å². The van der Waals surface area contributed by atoms with Crippen LogP contribution in [0.2, 0.25) is 5.02 Å². The van der Waals surface area contributed by atoms with Crippen molar-refractivity contribution < 1.29 is 9.18 Å². The zero-order valence-corrected chi connectivity index (χ0v) is 11.4. The van der Waals surface area contributed by atoms with Crippen LogP contribution in [0.1, 0.15) is 24.8 Å². The summed E-state index contributed by atoms with van der Waals surface area (Å²) in [7, 11) is 0. The molecular weight excluding hydrogens is 263 g/mol. The Morgan fingerprint density at radius 1 is 1.26 bits per heavy atom. The molecular formula is C16H16ClFO. The van der Waals surface area contributed by atoms with Crippen LogP contribution in [0, 0.1) is 35.4 Å². The van der Waals surface area contributed by atoms with Gasteiger partial charge in [-0.05, 0) is 66.7 Å². The first-order valence-corrected chi connectivity index (χ1v) is 7.49. The van der Waals surface area contributed by atoms with Crippen LogP contribution in [-0.2, 0) is 11.2 Å². The monoisotopic (exact) mass is 278 g/mol. The number of halogens is 2. The van der Waals surface area contributed by atoms with E-state index in [9.17, 15) is 9.18 Å². The molecule has 3 aliphatic carbocycles. The molecule has 3 aliphatic rings.